The second-order valence-electron chi connectivity index (χ2n) is 4.96. The van der Waals surface area contributed by atoms with Crippen molar-refractivity contribution < 1.29 is 14.6 Å². The van der Waals surface area contributed by atoms with Crippen molar-refractivity contribution in [1.29, 1.82) is 5.41 Å². The van der Waals surface area contributed by atoms with Gasteiger partial charge in [-0.05, 0) is 60.3 Å². The van der Waals surface area contributed by atoms with Gasteiger partial charge in [0.15, 0.2) is 5.17 Å². The lowest BCUT2D eigenvalue weighted by Crippen LogP contribution is -2.27. The monoisotopic (exact) mass is 404 g/mol. The van der Waals surface area contributed by atoms with Gasteiger partial charge in [0, 0.05) is 10.0 Å². The first-order valence-electron chi connectivity index (χ1n) is 6.94. The van der Waals surface area contributed by atoms with Gasteiger partial charge in [0.1, 0.15) is 11.5 Å². The SMILES string of the molecule is COc1ccc(N2C(=N)S/C(=C\c3cc(Br)ccc3O)C2=O)cc1. The van der Waals surface area contributed by atoms with Crippen LogP contribution in [0.3, 0.4) is 0 Å². The Hall–Kier alpha value is -2.25. The Kier molecular flexibility index (Phi) is 4.64. The van der Waals surface area contributed by atoms with Gasteiger partial charge in [-0.2, -0.15) is 0 Å². The largest absolute Gasteiger partial charge is 0.507 e. The van der Waals surface area contributed by atoms with Crippen LogP contribution < -0.4 is 9.64 Å². The highest BCUT2D eigenvalue weighted by Gasteiger charge is 2.33. The summed E-state index contributed by atoms with van der Waals surface area (Å²) < 4.78 is 5.90. The highest BCUT2D eigenvalue weighted by molar-refractivity contribution is 9.10. The van der Waals surface area contributed by atoms with E-state index in [4.69, 9.17) is 10.1 Å². The number of methoxy groups -OCH3 is 1. The number of hydrogen-bond donors (Lipinski definition) is 2. The van der Waals surface area contributed by atoms with Crippen LogP contribution in [0.25, 0.3) is 6.08 Å². The van der Waals surface area contributed by atoms with Crippen LogP contribution in [0.2, 0.25) is 0 Å². The Balaban J connectivity index is 1.93. The number of thioether (sulfide) groups is 1. The first kappa shape index (κ1) is 16.6. The number of nitrogens with one attached hydrogen (secondary N) is 1. The van der Waals surface area contributed by atoms with E-state index in [1.165, 1.54) is 4.90 Å². The number of benzene rings is 2. The van der Waals surface area contributed by atoms with Gasteiger partial charge in [-0.1, -0.05) is 15.9 Å². The van der Waals surface area contributed by atoms with Crippen molar-refractivity contribution in [3.8, 4) is 11.5 Å². The zero-order valence-electron chi connectivity index (χ0n) is 12.6. The third-order valence-corrected chi connectivity index (χ3v) is 4.81. The minimum atomic E-state index is -0.297. The molecule has 0 atom stereocenters. The van der Waals surface area contributed by atoms with Gasteiger partial charge in [0.2, 0.25) is 0 Å². The van der Waals surface area contributed by atoms with E-state index in [1.807, 2.05) is 0 Å². The lowest BCUT2D eigenvalue weighted by molar-refractivity contribution is -0.113. The molecular weight excluding hydrogens is 392 g/mol. The third kappa shape index (κ3) is 3.18. The van der Waals surface area contributed by atoms with Crippen LogP contribution in [-0.2, 0) is 4.79 Å². The summed E-state index contributed by atoms with van der Waals surface area (Å²) in [5, 5.41) is 18.1. The van der Waals surface area contributed by atoms with Crippen LogP contribution in [0.15, 0.2) is 51.8 Å². The predicted octanol–water partition coefficient (Wildman–Crippen LogP) is 4.22. The van der Waals surface area contributed by atoms with Gasteiger partial charge < -0.3 is 9.84 Å². The van der Waals surface area contributed by atoms with E-state index in [9.17, 15) is 9.90 Å². The minimum Gasteiger partial charge on any atom is -0.507 e. The normalized spacial score (nSPS) is 16.1. The fourth-order valence-electron chi connectivity index (χ4n) is 2.24. The van der Waals surface area contributed by atoms with Crippen LogP contribution in [0.5, 0.6) is 11.5 Å². The van der Waals surface area contributed by atoms with Crippen LogP contribution in [0.4, 0.5) is 5.69 Å². The maximum atomic E-state index is 12.6. The Morgan fingerprint density at radius 2 is 1.96 bits per heavy atom. The number of phenolic OH excluding ortho intramolecular Hbond substituents is 1. The number of carbonyl (C=O) groups is 1. The zero-order valence-corrected chi connectivity index (χ0v) is 15.0. The molecule has 0 aliphatic carbocycles. The van der Waals surface area contributed by atoms with Gasteiger partial charge >= 0.3 is 0 Å². The number of hydrogen-bond acceptors (Lipinski definition) is 5. The summed E-state index contributed by atoms with van der Waals surface area (Å²) in [5.74, 6) is 0.461. The summed E-state index contributed by atoms with van der Waals surface area (Å²) in [5.41, 5.74) is 1.12. The third-order valence-electron chi connectivity index (χ3n) is 3.43. The van der Waals surface area contributed by atoms with Crippen LogP contribution >= 0.6 is 27.7 Å². The molecule has 1 aliphatic heterocycles. The molecule has 2 aromatic carbocycles. The fraction of sp³-hybridized carbons (Fsp3) is 0.0588. The molecule has 0 aromatic heterocycles. The van der Waals surface area contributed by atoms with Crippen molar-refractivity contribution in [3.05, 3.63) is 57.4 Å². The van der Waals surface area contributed by atoms with Crippen molar-refractivity contribution in [2.24, 2.45) is 0 Å². The standard InChI is InChI=1S/C17H13BrN2O3S/c1-23-13-5-3-12(4-6-13)20-16(22)15(24-17(20)19)9-10-8-11(18)2-7-14(10)21/h2-9,19,21H,1H3/b15-9-,19-17?. The number of amidine groups is 1. The van der Waals surface area contributed by atoms with Gasteiger partial charge in [0.25, 0.3) is 5.91 Å². The number of amides is 1. The van der Waals surface area contributed by atoms with Crippen molar-refractivity contribution >= 4 is 50.5 Å². The van der Waals surface area contributed by atoms with E-state index in [1.54, 1.807) is 55.7 Å². The lowest BCUT2D eigenvalue weighted by atomic mass is 10.2. The van der Waals surface area contributed by atoms with Crippen LogP contribution in [0, 0.1) is 5.41 Å². The summed E-state index contributed by atoms with van der Waals surface area (Å²) in [6.45, 7) is 0. The van der Waals surface area contributed by atoms with Crippen LogP contribution in [0.1, 0.15) is 5.56 Å². The Morgan fingerprint density at radius 3 is 2.62 bits per heavy atom. The topological polar surface area (TPSA) is 73.6 Å². The quantitative estimate of drug-likeness (QED) is 0.750. The molecule has 2 aromatic rings. The second-order valence-corrected chi connectivity index (χ2v) is 6.90. The Labute approximate surface area is 151 Å². The number of aromatic hydroxyl groups is 1. The smallest absolute Gasteiger partial charge is 0.271 e. The van der Waals surface area contributed by atoms with Crippen molar-refractivity contribution in [2.75, 3.05) is 12.0 Å². The number of rotatable bonds is 3. The van der Waals surface area contributed by atoms with E-state index < -0.39 is 0 Å². The molecule has 0 bridgehead atoms. The summed E-state index contributed by atoms with van der Waals surface area (Å²) in [4.78, 5) is 14.3. The number of halogens is 1. The zero-order chi connectivity index (χ0) is 17.3. The highest BCUT2D eigenvalue weighted by Crippen LogP contribution is 2.37. The van der Waals surface area contributed by atoms with E-state index in [0.29, 0.717) is 21.9 Å². The van der Waals surface area contributed by atoms with E-state index >= 15 is 0 Å². The summed E-state index contributed by atoms with van der Waals surface area (Å²) in [6, 6.07) is 11.9. The van der Waals surface area contributed by atoms with E-state index in [-0.39, 0.29) is 16.8 Å². The molecule has 7 heteroatoms. The highest BCUT2D eigenvalue weighted by atomic mass is 79.9. The molecule has 3 rings (SSSR count). The van der Waals surface area contributed by atoms with Crippen molar-refractivity contribution in [2.45, 2.75) is 0 Å². The van der Waals surface area contributed by atoms with Crippen molar-refractivity contribution in [1.82, 2.24) is 0 Å². The van der Waals surface area contributed by atoms with Gasteiger partial charge in [0.05, 0.1) is 17.7 Å². The molecule has 1 aliphatic rings. The molecule has 1 heterocycles. The van der Waals surface area contributed by atoms with E-state index in [0.717, 1.165) is 16.2 Å². The molecule has 1 saturated heterocycles. The Bertz CT molecular complexity index is 849. The lowest BCUT2D eigenvalue weighted by Gasteiger charge is -2.14. The molecule has 0 spiro atoms. The maximum absolute atomic E-state index is 12.6. The molecule has 2 N–H and O–H groups in total. The molecule has 24 heavy (non-hydrogen) atoms. The molecule has 122 valence electrons. The number of ether oxygens (including phenoxy) is 1. The number of nitrogens with zero attached hydrogens (tertiary/aromatic N) is 1. The number of phenols is 1. The first-order valence-corrected chi connectivity index (χ1v) is 8.55. The predicted molar refractivity (Wildman–Crippen MR) is 99.6 cm³/mol. The fourth-order valence-corrected chi connectivity index (χ4v) is 3.47. The average molecular weight is 405 g/mol. The van der Waals surface area contributed by atoms with Crippen LogP contribution in [-0.4, -0.2) is 23.3 Å². The maximum Gasteiger partial charge on any atom is 0.271 e. The van der Waals surface area contributed by atoms with Gasteiger partial charge in [-0.15, -0.1) is 0 Å². The molecule has 1 amide bonds. The minimum absolute atomic E-state index is 0.0773. The van der Waals surface area contributed by atoms with Gasteiger partial charge in [-0.3, -0.25) is 15.1 Å². The summed E-state index contributed by atoms with van der Waals surface area (Å²) in [6.07, 6.45) is 1.59. The van der Waals surface area contributed by atoms with Crippen molar-refractivity contribution in [3.63, 3.8) is 0 Å². The molecule has 5 nitrogen and oxygen atoms in total. The average Bonchev–Trinajstić information content (AvgIpc) is 2.85. The van der Waals surface area contributed by atoms with E-state index in [2.05, 4.69) is 15.9 Å². The number of carbonyl (C=O) groups excluding carboxylic acids is 1. The first-order chi connectivity index (χ1) is 11.5. The molecule has 0 radical (unpaired) electrons. The molecular formula is C17H13BrN2O3S. The Morgan fingerprint density at radius 1 is 1.25 bits per heavy atom. The molecule has 1 fully saturated rings. The van der Waals surface area contributed by atoms with Gasteiger partial charge in [-0.25, -0.2) is 0 Å². The summed E-state index contributed by atoms with van der Waals surface area (Å²) in [7, 11) is 1.57. The number of anilines is 1. The summed E-state index contributed by atoms with van der Waals surface area (Å²) >= 11 is 4.40. The second kappa shape index (κ2) is 6.70. The molecule has 0 unspecified atom stereocenters. The molecule has 0 saturated carbocycles.